The summed E-state index contributed by atoms with van der Waals surface area (Å²) in [6.45, 7) is 12.6. The molecule has 0 saturated heterocycles. The van der Waals surface area contributed by atoms with Gasteiger partial charge in [-0.2, -0.15) is 0 Å². The van der Waals surface area contributed by atoms with E-state index in [4.69, 9.17) is 4.74 Å². The fourth-order valence-corrected chi connectivity index (χ4v) is 2.84. The Morgan fingerprint density at radius 2 is 1.37 bits per heavy atom. The first-order valence-electron chi connectivity index (χ1n) is 9.39. The van der Waals surface area contributed by atoms with E-state index in [1.54, 1.807) is 54.5 Å². The lowest BCUT2D eigenvalue weighted by Crippen LogP contribution is -2.18. The van der Waals surface area contributed by atoms with Gasteiger partial charge in [-0.1, -0.05) is 27.7 Å². The number of ketones is 4. The predicted molar refractivity (Wildman–Crippen MR) is 105 cm³/mol. The van der Waals surface area contributed by atoms with Crippen molar-refractivity contribution in [3.63, 3.8) is 0 Å². The van der Waals surface area contributed by atoms with Crippen LogP contribution in [0.5, 0.6) is 5.75 Å². The number of carbonyl (C=O) groups excluding carboxylic acids is 4. The van der Waals surface area contributed by atoms with E-state index in [0.29, 0.717) is 34.6 Å². The summed E-state index contributed by atoms with van der Waals surface area (Å²) in [5.41, 5.74) is 1.88. The van der Waals surface area contributed by atoms with Gasteiger partial charge in [-0.25, -0.2) is 0 Å². The quantitative estimate of drug-likeness (QED) is 0.451. The van der Waals surface area contributed by atoms with Crippen LogP contribution in [-0.2, 0) is 9.59 Å². The van der Waals surface area contributed by atoms with E-state index in [0.717, 1.165) is 0 Å². The maximum Gasteiger partial charge on any atom is 0.173 e. The van der Waals surface area contributed by atoms with Crippen molar-refractivity contribution in [2.75, 3.05) is 6.61 Å². The Morgan fingerprint density at radius 3 is 1.81 bits per heavy atom. The highest BCUT2D eigenvalue weighted by molar-refractivity contribution is 6.13. The van der Waals surface area contributed by atoms with Gasteiger partial charge < -0.3 is 4.74 Å². The van der Waals surface area contributed by atoms with Crippen molar-refractivity contribution < 1.29 is 23.9 Å². The first-order valence-corrected chi connectivity index (χ1v) is 9.39. The number of ether oxygens (including phenoxy) is 1. The molecule has 0 aliphatic heterocycles. The molecule has 1 aromatic rings. The number of hydrogen-bond donors (Lipinski definition) is 0. The molecule has 1 rings (SSSR count). The van der Waals surface area contributed by atoms with Crippen LogP contribution in [0.3, 0.4) is 0 Å². The fourth-order valence-electron chi connectivity index (χ4n) is 2.84. The van der Waals surface area contributed by atoms with Gasteiger partial charge >= 0.3 is 0 Å². The van der Waals surface area contributed by atoms with E-state index in [-0.39, 0.29) is 47.8 Å². The molecule has 0 heterocycles. The summed E-state index contributed by atoms with van der Waals surface area (Å²) in [6, 6.07) is 1.60. The van der Waals surface area contributed by atoms with Gasteiger partial charge in [-0.05, 0) is 32.4 Å². The van der Waals surface area contributed by atoms with Crippen LogP contribution in [-0.4, -0.2) is 29.7 Å². The highest BCUT2D eigenvalue weighted by Gasteiger charge is 2.25. The lowest BCUT2D eigenvalue weighted by Gasteiger charge is -2.18. The maximum absolute atomic E-state index is 12.7. The third kappa shape index (κ3) is 5.59. The Morgan fingerprint density at radius 1 is 0.889 bits per heavy atom. The second kappa shape index (κ2) is 9.58. The lowest BCUT2D eigenvalue weighted by atomic mass is 9.89. The zero-order valence-corrected chi connectivity index (χ0v) is 17.4. The normalized spacial score (nSPS) is 11.0. The van der Waals surface area contributed by atoms with Gasteiger partial charge in [0.2, 0.25) is 0 Å². The third-order valence-electron chi connectivity index (χ3n) is 4.54. The Labute approximate surface area is 161 Å². The Kier molecular flexibility index (Phi) is 8.07. The zero-order chi connectivity index (χ0) is 20.9. The summed E-state index contributed by atoms with van der Waals surface area (Å²) in [6.07, 6.45) is -0.375. The molecule has 0 N–H and O–H groups in total. The number of carbonyl (C=O) groups is 4. The molecule has 0 bridgehead atoms. The zero-order valence-electron chi connectivity index (χ0n) is 17.4. The molecule has 0 radical (unpaired) electrons. The summed E-state index contributed by atoms with van der Waals surface area (Å²) < 4.78 is 5.66. The van der Waals surface area contributed by atoms with Crippen molar-refractivity contribution in [3.05, 3.63) is 28.3 Å². The Balaban J connectivity index is 3.38. The lowest BCUT2D eigenvalue weighted by molar-refractivity contribution is -0.121. The van der Waals surface area contributed by atoms with Crippen LogP contribution in [0.4, 0.5) is 0 Å². The van der Waals surface area contributed by atoms with E-state index >= 15 is 0 Å². The van der Waals surface area contributed by atoms with Crippen LogP contribution < -0.4 is 4.74 Å². The number of benzene rings is 1. The second-order valence-electron chi connectivity index (χ2n) is 7.45. The van der Waals surface area contributed by atoms with Gasteiger partial charge in [0, 0.05) is 23.0 Å². The minimum atomic E-state index is -0.319. The molecular weight excluding hydrogens is 344 g/mol. The molecule has 0 aliphatic rings. The van der Waals surface area contributed by atoms with Crippen molar-refractivity contribution in [1.29, 1.82) is 0 Å². The standard InChI is InChI=1S/C22H30O5/c1-8-27-22-15(7)21(20(26)11-18(24)13(4)5)14(6)9-16(22)19(25)10-17(23)12(2)3/h9,12-13H,8,10-11H2,1-7H3. The van der Waals surface area contributed by atoms with Crippen molar-refractivity contribution in [1.82, 2.24) is 0 Å². The molecule has 0 unspecified atom stereocenters. The first kappa shape index (κ1) is 22.7. The van der Waals surface area contributed by atoms with Crippen LogP contribution in [0.15, 0.2) is 6.07 Å². The molecule has 5 nitrogen and oxygen atoms in total. The van der Waals surface area contributed by atoms with Crippen LogP contribution in [0.25, 0.3) is 0 Å². The molecule has 0 saturated carbocycles. The number of Topliss-reactive ketones (excluding diaryl/α,β-unsaturated/α-hetero) is 4. The summed E-state index contributed by atoms with van der Waals surface area (Å²) in [7, 11) is 0. The Hall–Kier alpha value is -2.30. The second-order valence-corrected chi connectivity index (χ2v) is 7.45. The topological polar surface area (TPSA) is 77.5 Å². The highest BCUT2D eigenvalue weighted by Crippen LogP contribution is 2.32. The first-order chi connectivity index (χ1) is 12.5. The van der Waals surface area contributed by atoms with Crippen LogP contribution >= 0.6 is 0 Å². The molecule has 148 valence electrons. The summed E-state index contributed by atoms with van der Waals surface area (Å²) in [4.78, 5) is 49.3. The summed E-state index contributed by atoms with van der Waals surface area (Å²) >= 11 is 0. The maximum atomic E-state index is 12.7. The van der Waals surface area contributed by atoms with Gasteiger partial charge in [-0.15, -0.1) is 0 Å². The van der Waals surface area contributed by atoms with E-state index < -0.39 is 0 Å². The molecule has 0 aromatic heterocycles. The minimum Gasteiger partial charge on any atom is -0.493 e. The van der Waals surface area contributed by atoms with Crippen LogP contribution in [0.1, 0.15) is 79.3 Å². The molecule has 5 heteroatoms. The highest BCUT2D eigenvalue weighted by atomic mass is 16.5. The molecule has 0 amide bonds. The predicted octanol–water partition coefficient (Wildman–Crippen LogP) is 4.30. The number of aryl methyl sites for hydroxylation is 1. The molecule has 1 aromatic carbocycles. The molecule has 0 fully saturated rings. The Bertz CT molecular complexity index is 756. The van der Waals surface area contributed by atoms with Gasteiger partial charge in [0.05, 0.1) is 25.0 Å². The van der Waals surface area contributed by atoms with Crippen molar-refractivity contribution in [2.45, 2.75) is 61.3 Å². The molecule has 0 spiro atoms. The van der Waals surface area contributed by atoms with Gasteiger partial charge in [-0.3, -0.25) is 19.2 Å². The van der Waals surface area contributed by atoms with Crippen molar-refractivity contribution >= 4 is 23.1 Å². The molecule has 27 heavy (non-hydrogen) atoms. The van der Waals surface area contributed by atoms with E-state index in [2.05, 4.69) is 0 Å². The average molecular weight is 374 g/mol. The van der Waals surface area contributed by atoms with E-state index in [9.17, 15) is 19.2 Å². The van der Waals surface area contributed by atoms with Gasteiger partial charge in [0.15, 0.2) is 11.6 Å². The van der Waals surface area contributed by atoms with E-state index in [1.165, 1.54) is 0 Å². The molecule has 0 aliphatic carbocycles. The summed E-state index contributed by atoms with van der Waals surface area (Å²) in [5, 5.41) is 0. The minimum absolute atomic E-state index is 0.126. The van der Waals surface area contributed by atoms with Gasteiger partial charge in [0.25, 0.3) is 0 Å². The average Bonchev–Trinajstić information content (AvgIpc) is 2.56. The monoisotopic (exact) mass is 374 g/mol. The number of rotatable bonds is 10. The fraction of sp³-hybridized carbons (Fsp3) is 0.545. The smallest absolute Gasteiger partial charge is 0.173 e. The van der Waals surface area contributed by atoms with Crippen molar-refractivity contribution in [2.24, 2.45) is 11.8 Å². The van der Waals surface area contributed by atoms with Crippen molar-refractivity contribution in [3.8, 4) is 5.75 Å². The molecular formula is C22H30O5. The summed E-state index contributed by atoms with van der Waals surface area (Å²) in [5.74, 6) is -0.981. The van der Waals surface area contributed by atoms with Gasteiger partial charge in [0.1, 0.15) is 17.3 Å². The van der Waals surface area contributed by atoms with E-state index in [1.807, 2.05) is 0 Å². The SMILES string of the molecule is CCOc1c(C(=O)CC(=O)C(C)C)cc(C)c(C(=O)CC(=O)C(C)C)c1C. The third-order valence-corrected chi connectivity index (χ3v) is 4.54. The molecule has 0 atom stereocenters. The largest absolute Gasteiger partial charge is 0.493 e. The van der Waals surface area contributed by atoms with Crippen LogP contribution in [0.2, 0.25) is 0 Å². The number of hydrogen-bond acceptors (Lipinski definition) is 5. The van der Waals surface area contributed by atoms with Crippen LogP contribution in [0, 0.1) is 25.7 Å².